The van der Waals surface area contributed by atoms with E-state index in [1.165, 1.54) is 51.4 Å². The average molecular weight is 443 g/mol. The van der Waals surface area contributed by atoms with Crippen LogP contribution in [0.1, 0.15) is 91.4 Å². The summed E-state index contributed by atoms with van der Waals surface area (Å²) in [6.07, 6.45) is 12.8. The second-order valence-electron chi connectivity index (χ2n) is 8.76. The topological polar surface area (TPSA) is 59.1 Å². The summed E-state index contributed by atoms with van der Waals surface area (Å²) in [6.45, 7) is 9.25. The van der Waals surface area contributed by atoms with E-state index in [0.29, 0.717) is 13.2 Å². The third kappa shape index (κ3) is 17.1. The molecule has 0 aromatic rings. The number of hydrogen-bond donors (Lipinski definition) is 0. The molecule has 0 aliphatic heterocycles. The van der Waals surface area contributed by atoms with Gasteiger partial charge >= 0.3 is 0 Å². The number of amides is 2. The van der Waals surface area contributed by atoms with Gasteiger partial charge in [0.25, 0.3) is 0 Å². The number of likely N-dealkylation sites (N-methyl/N-ethyl adjacent to an activating group) is 2. The molecule has 0 radical (unpaired) electrons. The molecule has 0 aromatic carbocycles. The molecule has 0 aliphatic carbocycles. The number of carbonyl (C=O) groups excluding carboxylic acids is 2. The lowest BCUT2D eigenvalue weighted by atomic mass is 10.1. The maximum absolute atomic E-state index is 12.2. The van der Waals surface area contributed by atoms with E-state index in [2.05, 4.69) is 20.8 Å². The molecule has 0 unspecified atom stereocenters. The predicted octanol–water partition coefficient (Wildman–Crippen LogP) is 4.90. The van der Waals surface area contributed by atoms with Gasteiger partial charge in [0.2, 0.25) is 11.8 Å². The zero-order valence-electron chi connectivity index (χ0n) is 21.1. The molecule has 0 saturated carbocycles. The number of unbranched alkanes of at least 4 members (excludes halogenated alkanes) is 8. The Hall–Kier alpha value is -1.14. The maximum Gasteiger partial charge on any atom is 0.248 e. The van der Waals surface area contributed by atoms with Crippen molar-refractivity contribution in [1.82, 2.24) is 9.80 Å². The Morgan fingerprint density at radius 3 is 1.39 bits per heavy atom. The van der Waals surface area contributed by atoms with Gasteiger partial charge in [-0.25, -0.2) is 0 Å². The van der Waals surface area contributed by atoms with Gasteiger partial charge in [0.1, 0.15) is 13.2 Å². The number of carbonyl (C=O) groups is 2. The molecule has 0 rings (SSSR count). The third-order valence-electron chi connectivity index (χ3n) is 5.78. The molecule has 2 amide bonds. The van der Waals surface area contributed by atoms with Crippen LogP contribution in [0.2, 0.25) is 0 Å². The summed E-state index contributed by atoms with van der Waals surface area (Å²) in [5, 5.41) is 0. The van der Waals surface area contributed by atoms with Crippen LogP contribution in [0, 0.1) is 5.92 Å². The normalized spacial score (nSPS) is 11.2. The molecular formula is C25H50N2O4. The largest absolute Gasteiger partial charge is 0.371 e. The Bertz CT molecular complexity index is 407. The van der Waals surface area contributed by atoms with E-state index in [1.54, 1.807) is 9.80 Å². The van der Waals surface area contributed by atoms with Crippen LogP contribution in [0.15, 0.2) is 0 Å². The molecule has 0 bridgehead atoms. The summed E-state index contributed by atoms with van der Waals surface area (Å²) >= 11 is 0. The van der Waals surface area contributed by atoms with Gasteiger partial charge in [-0.3, -0.25) is 9.59 Å². The van der Waals surface area contributed by atoms with E-state index in [-0.39, 0.29) is 30.9 Å². The van der Waals surface area contributed by atoms with Gasteiger partial charge < -0.3 is 19.3 Å². The van der Waals surface area contributed by atoms with E-state index < -0.39 is 0 Å². The quantitative estimate of drug-likeness (QED) is 0.237. The summed E-state index contributed by atoms with van der Waals surface area (Å²) < 4.78 is 11.3. The smallest absolute Gasteiger partial charge is 0.248 e. The van der Waals surface area contributed by atoms with Gasteiger partial charge in [-0.15, -0.1) is 0 Å². The number of nitrogens with zero attached hydrogens (tertiary/aromatic N) is 2. The molecule has 0 spiro atoms. The average Bonchev–Trinajstić information content (AvgIpc) is 2.77. The van der Waals surface area contributed by atoms with E-state index in [0.717, 1.165) is 32.4 Å². The van der Waals surface area contributed by atoms with Gasteiger partial charge in [-0.2, -0.15) is 0 Å². The van der Waals surface area contributed by atoms with Crippen LogP contribution in [0.3, 0.4) is 0 Å². The highest BCUT2D eigenvalue weighted by molar-refractivity contribution is 5.77. The first-order valence-electron chi connectivity index (χ1n) is 12.6. The Labute approximate surface area is 192 Å². The molecule has 6 nitrogen and oxygen atoms in total. The lowest BCUT2D eigenvalue weighted by molar-refractivity contribution is -0.136. The van der Waals surface area contributed by atoms with Gasteiger partial charge in [0, 0.05) is 33.1 Å². The zero-order valence-corrected chi connectivity index (χ0v) is 21.1. The second kappa shape index (κ2) is 20.7. The van der Waals surface area contributed by atoms with E-state index >= 15 is 0 Å². The Balaban J connectivity index is 3.88. The van der Waals surface area contributed by atoms with Crippen LogP contribution in [0.5, 0.6) is 0 Å². The molecule has 0 N–H and O–H groups in total. The first-order valence-corrected chi connectivity index (χ1v) is 12.6. The van der Waals surface area contributed by atoms with Crippen molar-refractivity contribution in [2.45, 2.75) is 91.4 Å². The third-order valence-corrected chi connectivity index (χ3v) is 5.78. The number of hydrogen-bond acceptors (Lipinski definition) is 4. The van der Waals surface area contributed by atoms with E-state index in [1.807, 2.05) is 14.1 Å². The standard InChI is InChI=1S/C25H50N2O4/c1-6-9-11-13-15-17-26(4)24(28)21-30-19-23(8-3)20-31-22-25(29)27(5)18-16-14-12-10-7-2/h23H,6-22H2,1-5H3. The lowest BCUT2D eigenvalue weighted by Crippen LogP contribution is -2.33. The maximum atomic E-state index is 12.2. The van der Waals surface area contributed by atoms with E-state index in [4.69, 9.17) is 9.47 Å². The second-order valence-corrected chi connectivity index (χ2v) is 8.76. The minimum atomic E-state index is 0.0296. The molecule has 0 heterocycles. The van der Waals surface area contributed by atoms with Crippen molar-refractivity contribution in [3.8, 4) is 0 Å². The minimum absolute atomic E-state index is 0.0296. The van der Waals surface area contributed by atoms with Crippen LogP contribution in [0.4, 0.5) is 0 Å². The number of ether oxygens (including phenoxy) is 2. The van der Waals surface area contributed by atoms with Crippen molar-refractivity contribution < 1.29 is 19.1 Å². The van der Waals surface area contributed by atoms with Crippen molar-refractivity contribution in [2.24, 2.45) is 5.92 Å². The molecule has 0 fully saturated rings. The van der Waals surface area contributed by atoms with Crippen LogP contribution in [-0.2, 0) is 19.1 Å². The van der Waals surface area contributed by atoms with Crippen molar-refractivity contribution in [1.29, 1.82) is 0 Å². The summed E-state index contributed by atoms with van der Waals surface area (Å²) in [5.41, 5.74) is 0. The lowest BCUT2D eigenvalue weighted by Gasteiger charge is -2.20. The van der Waals surface area contributed by atoms with Crippen molar-refractivity contribution in [3.05, 3.63) is 0 Å². The molecule has 0 aliphatic rings. The van der Waals surface area contributed by atoms with Crippen molar-refractivity contribution in [3.63, 3.8) is 0 Å². The molecular weight excluding hydrogens is 392 g/mol. The fraction of sp³-hybridized carbons (Fsp3) is 0.920. The van der Waals surface area contributed by atoms with E-state index in [9.17, 15) is 9.59 Å². The Morgan fingerprint density at radius 1 is 0.645 bits per heavy atom. The van der Waals surface area contributed by atoms with Gasteiger partial charge in [-0.1, -0.05) is 72.1 Å². The van der Waals surface area contributed by atoms with Crippen molar-refractivity contribution >= 4 is 11.8 Å². The fourth-order valence-corrected chi connectivity index (χ4v) is 3.28. The van der Waals surface area contributed by atoms with Gasteiger partial charge in [-0.05, 0) is 19.3 Å². The number of rotatable bonds is 21. The monoisotopic (exact) mass is 442 g/mol. The minimum Gasteiger partial charge on any atom is -0.371 e. The highest BCUT2D eigenvalue weighted by atomic mass is 16.5. The molecule has 184 valence electrons. The predicted molar refractivity (Wildman–Crippen MR) is 128 cm³/mol. The Morgan fingerprint density at radius 2 is 1.03 bits per heavy atom. The van der Waals surface area contributed by atoms with Crippen molar-refractivity contribution in [2.75, 3.05) is 53.6 Å². The van der Waals surface area contributed by atoms with Crippen LogP contribution in [0.25, 0.3) is 0 Å². The fourth-order valence-electron chi connectivity index (χ4n) is 3.28. The molecule has 0 atom stereocenters. The summed E-state index contributed by atoms with van der Waals surface area (Å²) in [7, 11) is 3.69. The van der Waals surface area contributed by atoms with Crippen LogP contribution < -0.4 is 0 Å². The molecule has 0 saturated heterocycles. The zero-order chi connectivity index (χ0) is 23.3. The van der Waals surface area contributed by atoms with Crippen LogP contribution >= 0.6 is 0 Å². The SMILES string of the molecule is CCCCCCCN(C)C(=O)COCC(CC)COCC(=O)N(C)CCCCCCC. The molecule has 0 aromatic heterocycles. The molecule has 31 heavy (non-hydrogen) atoms. The van der Waals surface area contributed by atoms with Crippen LogP contribution in [-0.4, -0.2) is 75.2 Å². The first kappa shape index (κ1) is 29.9. The molecule has 6 heteroatoms. The Kier molecular flexibility index (Phi) is 20.0. The first-order chi connectivity index (χ1) is 15.0. The summed E-state index contributed by atoms with van der Waals surface area (Å²) in [4.78, 5) is 27.9. The summed E-state index contributed by atoms with van der Waals surface area (Å²) in [6, 6.07) is 0. The highest BCUT2D eigenvalue weighted by Crippen LogP contribution is 2.07. The van der Waals surface area contributed by atoms with Gasteiger partial charge in [0.05, 0.1) is 13.2 Å². The highest BCUT2D eigenvalue weighted by Gasteiger charge is 2.14. The van der Waals surface area contributed by atoms with Gasteiger partial charge in [0.15, 0.2) is 0 Å². The summed E-state index contributed by atoms with van der Waals surface area (Å²) in [5.74, 6) is 0.253.